The number of carbonyl (C=O) groups is 1. The van der Waals surface area contributed by atoms with E-state index in [0.29, 0.717) is 34.7 Å². The standard InChI is InChI=1S/C23H28N4O2S/c1-3-4-8-11-27-16-24-21-19(22(27)28)17(2)20(30-21)23(29)26-14-12-25(13-15-26)18-9-6-5-7-10-18/h5-7,9-10,16H,3-4,8,11-15H2,1-2H3. The van der Waals surface area contributed by atoms with Gasteiger partial charge in [0.2, 0.25) is 0 Å². The van der Waals surface area contributed by atoms with Crippen LogP contribution in [-0.2, 0) is 6.54 Å². The number of aryl methyl sites for hydroxylation is 2. The fourth-order valence-electron chi connectivity index (χ4n) is 4.00. The summed E-state index contributed by atoms with van der Waals surface area (Å²) >= 11 is 1.34. The van der Waals surface area contributed by atoms with Crippen molar-refractivity contribution in [2.45, 2.75) is 39.7 Å². The third kappa shape index (κ3) is 3.99. The van der Waals surface area contributed by atoms with Crippen molar-refractivity contribution in [3.05, 3.63) is 57.5 Å². The van der Waals surface area contributed by atoms with Crippen LogP contribution in [0.4, 0.5) is 5.69 Å². The molecule has 1 aliphatic heterocycles. The minimum atomic E-state index is -0.0298. The molecule has 0 atom stereocenters. The molecule has 3 aromatic rings. The van der Waals surface area contributed by atoms with E-state index in [9.17, 15) is 9.59 Å². The van der Waals surface area contributed by atoms with E-state index >= 15 is 0 Å². The zero-order valence-corrected chi connectivity index (χ0v) is 18.5. The van der Waals surface area contributed by atoms with Crippen molar-refractivity contribution in [1.29, 1.82) is 0 Å². The number of piperazine rings is 1. The van der Waals surface area contributed by atoms with E-state index in [2.05, 4.69) is 28.9 Å². The maximum atomic E-state index is 13.2. The summed E-state index contributed by atoms with van der Waals surface area (Å²) in [6, 6.07) is 10.3. The first-order valence-corrected chi connectivity index (χ1v) is 11.5. The second-order valence-electron chi connectivity index (χ2n) is 7.80. The third-order valence-electron chi connectivity index (χ3n) is 5.80. The first-order chi connectivity index (χ1) is 14.6. The fourth-order valence-corrected chi connectivity index (χ4v) is 5.11. The van der Waals surface area contributed by atoms with Gasteiger partial charge < -0.3 is 9.80 Å². The van der Waals surface area contributed by atoms with Crippen molar-refractivity contribution in [1.82, 2.24) is 14.5 Å². The van der Waals surface area contributed by atoms with E-state index in [4.69, 9.17) is 0 Å². The number of aromatic nitrogens is 2. The molecule has 3 heterocycles. The molecule has 0 unspecified atom stereocenters. The lowest BCUT2D eigenvalue weighted by Gasteiger charge is -2.36. The van der Waals surface area contributed by atoms with Crippen LogP contribution in [0.2, 0.25) is 0 Å². The second kappa shape index (κ2) is 9.00. The van der Waals surface area contributed by atoms with Crippen LogP contribution in [0.3, 0.4) is 0 Å². The van der Waals surface area contributed by atoms with Gasteiger partial charge in [-0.3, -0.25) is 14.2 Å². The number of anilines is 1. The van der Waals surface area contributed by atoms with Gasteiger partial charge in [0.25, 0.3) is 11.5 Å². The molecular formula is C23H28N4O2S. The van der Waals surface area contributed by atoms with Gasteiger partial charge >= 0.3 is 0 Å². The topological polar surface area (TPSA) is 58.4 Å². The molecule has 1 aliphatic rings. The Morgan fingerprint density at radius 2 is 1.83 bits per heavy atom. The van der Waals surface area contributed by atoms with Gasteiger partial charge in [-0.1, -0.05) is 38.0 Å². The van der Waals surface area contributed by atoms with Crippen molar-refractivity contribution in [2.24, 2.45) is 0 Å². The maximum Gasteiger partial charge on any atom is 0.264 e. The molecule has 0 N–H and O–H groups in total. The first-order valence-electron chi connectivity index (χ1n) is 10.7. The molecule has 158 valence electrons. The van der Waals surface area contributed by atoms with Crippen molar-refractivity contribution in [2.75, 3.05) is 31.1 Å². The number of benzene rings is 1. The average Bonchev–Trinajstić information content (AvgIpc) is 3.13. The lowest BCUT2D eigenvalue weighted by Crippen LogP contribution is -2.48. The fraction of sp³-hybridized carbons (Fsp3) is 0.435. The number of fused-ring (bicyclic) bond motifs is 1. The van der Waals surface area contributed by atoms with E-state index in [0.717, 1.165) is 37.9 Å². The van der Waals surface area contributed by atoms with Crippen LogP contribution in [0.1, 0.15) is 41.4 Å². The van der Waals surface area contributed by atoms with Crippen molar-refractivity contribution < 1.29 is 4.79 Å². The molecule has 2 aromatic heterocycles. The molecule has 30 heavy (non-hydrogen) atoms. The van der Waals surface area contributed by atoms with Gasteiger partial charge in [-0.25, -0.2) is 4.98 Å². The highest BCUT2D eigenvalue weighted by molar-refractivity contribution is 7.20. The van der Waals surface area contributed by atoms with Gasteiger partial charge in [-0.05, 0) is 31.0 Å². The minimum absolute atomic E-state index is 0.0140. The van der Waals surface area contributed by atoms with Gasteiger partial charge in [0, 0.05) is 38.4 Å². The summed E-state index contributed by atoms with van der Waals surface area (Å²) in [4.78, 5) is 36.2. The summed E-state index contributed by atoms with van der Waals surface area (Å²) in [5.74, 6) is 0.0140. The van der Waals surface area contributed by atoms with Crippen molar-refractivity contribution in [3.8, 4) is 0 Å². The number of thiophene rings is 1. The minimum Gasteiger partial charge on any atom is -0.368 e. The Morgan fingerprint density at radius 3 is 2.53 bits per heavy atom. The molecule has 4 rings (SSSR count). The summed E-state index contributed by atoms with van der Waals surface area (Å²) in [6.07, 6.45) is 4.79. The first kappa shape index (κ1) is 20.6. The summed E-state index contributed by atoms with van der Waals surface area (Å²) in [6.45, 7) is 7.67. The largest absolute Gasteiger partial charge is 0.368 e. The molecule has 0 bridgehead atoms. The Kier molecular flexibility index (Phi) is 6.18. The van der Waals surface area contributed by atoms with E-state index in [1.807, 2.05) is 30.0 Å². The molecule has 7 heteroatoms. The Labute approximate surface area is 180 Å². The zero-order valence-electron chi connectivity index (χ0n) is 17.6. The molecule has 1 fully saturated rings. The van der Waals surface area contributed by atoms with Crippen molar-refractivity contribution >= 4 is 33.1 Å². The predicted molar refractivity (Wildman–Crippen MR) is 123 cm³/mol. The monoisotopic (exact) mass is 424 g/mol. The van der Waals surface area contributed by atoms with Crippen LogP contribution in [0.15, 0.2) is 41.5 Å². The van der Waals surface area contributed by atoms with Crippen LogP contribution in [-0.4, -0.2) is 46.5 Å². The number of amides is 1. The SMILES string of the molecule is CCCCCn1cnc2sc(C(=O)N3CCN(c4ccccc4)CC3)c(C)c2c1=O. The number of para-hydroxylation sites is 1. The lowest BCUT2D eigenvalue weighted by atomic mass is 10.2. The van der Waals surface area contributed by atoms with Gasteiger partial charge in [0.1, 0.15) is 4.83 Å². The summed E-state index contributed by atoms with van der Waals surface area (Å²) < 4.78 is 1.69. The Bertz CT molecular complexity index is 1080. The highest BCUT2D eigenvalue weighted by Crippen LogP contribution is 2.28. The van der Waals surface area contributed by atoms with Crippen molar-refractivity contribution in [3.63, 3.8) is 0 Å². The predicted octanol–water partition coefficient (Wildman–Crippen LogP) is 3.92. The van der Waals surface area contributed by atoms with E-state index in [1.54, 1.807) is 10.9 Å². The smallest absolute Gasteiger partial charge is 0.264 e. The molecule has 1 saturated heterocycles. The van der Waals surface area contributed by atoms with E-state index in [1.165, 1.54) is 17.0 Å². The maximum absolute atomic E-state index is 13.2. The number of unbranched alkanes of at least 4 members (excludes halogenated alkanes) is 2. The number of carbonyl (C=O) groups excluding carboxylic acids is 1. The Balaban J connectivity index is 1.52. The Morgan fingerprint density at radius 1 is 1.10 bits per heavy atom. The number of rotatable bonds is 6. The number of hydrogen-bond acceptors (Lipinski definition) is 5. The van der Waals surface area contributed by atoms with E-state index < -0.39 is 0 Å². The van der Waals surface area contributed by atoms with Gasteiger partial charge in [0.15, 0.2) is 0 Å². The van der Waals surface area contributed by atoms with Crippen LogP contribution in [0, 0.1) is 6.92 Å². The molecule has 6 nitrogen and oxygen atoms in total. The normalized spacial score (nSPS) is 14.5. The average molecular weight is 425 g/mol. The quantitative estimate of drug-likeness (QED) is 0.563. The van der Waals surface area contributed by atoms with Gasteiger partial charge in [-0.15, -0.1) is 11.3 Å². The molecule has 0 spiro atoms. The zero-order chi connectivity index (χ0) is 21.1. The van der Waals surface area contributed by atoms with Gasteiger partial charge in [0.05, 0.1) is 16.6 Å². The van der Waals surface area contributed by atoms with Gasteiger partial charge in [-0.2, -0.15) is 0 Å². The number of hydrogen-bond donors (Lipinski definition) is 0. The molecule has 0 aliphatic carbocycles. The van der Waals surface area contributed by atoms with E-state index in [-0.39, 0.29) is 11.5 Å². The third-order valence-corrected chi connectivity index (χ3v) is 6.99. The molecule has 0 saturated carbocycles. The van der Waals surface area contributed by atoms with Crippen LogP contribution >= 0.6 is 11.3 Å². The molecule has 1 aromatic carbocycles. The molecular weight excluding hydrogens is 396 g/mol. The van der Waals surface area contributed by atoms with Crippen LogP contribution in [0.5, 0.6) is 0 Å². The highest BCUT2D eigenvalue weighted by atomic mass is 32.1. The number of nitrogens with zero attached hydrogens (tertiary/aromatic N) is 4. The summed E-state index contributed by atoms with van der Waals surface area (Å²) in [5.41, 5.74) is 1.93. The summed E-state index contributed by atoms with van der Waals surface area (Å²) in [7, 11) is 0. The lowest BCUT2D eigenvalue weighted by molar-refractivity contribution is 0.0751. The highest BCUT2D eigenvalue weighted by Gasteiger charge is 2.26. The van der Waals surface area contributed by atoms with Crippen LogP contribution < -0.4 is 10.5 Å². The van der Waals surface area contributed by atoms with Crippen LogP contribution in [0.25, 0.3) is 10.2 Å². The second-order valence-corrected chi connectivity index (χ2v) is 8.80. The molecule has 0 radical (unpaired) electrons. The molecule has 1 amide bonds. The summed E-state index contributed by atoms with van der Waals surface area (Å²) in [5, 5.41) is 0.602. The Hall–Kier alpha value is -2.67.